The van der Waals surface area contributed by atoms with E-state index in [4.69, 9.17) is 4.74 Å². The van der Waals surface area contributed by atoms with Crippen LogP contribution >= 0.6 is 0 Å². The van der Waals surface area contributed by atoms with Gasteiger partial charge in [0.05, 0.1) is 26.7 Å². The zero-order valence-corrected chi connectivity index (χ0v) is 24.1. The Balaban J connectivity index is 1.52. The monoisotopic (exact) mass is 507 g/mol. The van der Waals surface area contributed by atoms with Crippen molar-refractivity contribution in [1.82, 2.24) is 4.90 Å². The van der Waals surface area contributed by atoms with Crippen LogP contribution in [0.15, 0.2) is 0 Å². The standard InChI is InChI=1S/C31H59N2O3/c1-3-4-5-6-7-8-9-10-11-12-13-14-15-16-18-23-31(35)36-29(27-32-24-21-22-30(32)34)28-33(2)25-19-17-20-26-33/h29H,3-28H2,1-2H3/q+1/t29-/m1/s1. The van der Waals surface area contributed by atoms with Crippen molar-refractivity contribution in [2.45, 2.75) is 148 Å². The molecule has 5 nitrogen and oxygen atoms in total. The van der Waals surface area contributed by atoms with Gasteiger partial charge in [0.1, 0.15) is 6.54 Å². The second-order valence-corrected chi connectivity index (χ2v) is 12.1. The molecule has 2 aliphatic heterocycles. The Kier molecular flexibility index (Phi) is 16.5. The lowest BCUT2D eigenvalue weighted by molar-refractivity contribution is -0.916. The molecule has 2 aliphatic rings. The molecule has 1 atom stereocenters. The number of amides is 1. The molecule has 0 aromatic rings. The molecule has 0 saturated carbocycles. The van der Waals surface area contributed by atoms with E-state index in [1.165, 1.54) is 103 Å². The van der Waals surface area contributed by atoms with Crippen molar-refractivity contribution in [3.63, 3.8) is 0 Å². The summed E-state index contributed by atoms with van der Waals surface area (Å²) in [7, 11) is 2.29. The molecule has 0 N–H and O–H groups in total. The maximum atomic E-state index is 12.7. The van der Waals surface area contributed by atoms with Crippen molar-refractivity contribution < 1.29 is 18.8 Å². The Hall–Kier alpha value is -1.10. The molecule has 0 aromatic heterocycles. The Bertz CT molecular complexity index is 588. The van der Waals surface area contributed by atoms with Gasteiger partial charge in [0.25, 0.3) is 0 Å². The van der Waals surface area contributed by atoms with Gasteiger partial charge in [-0.1, -0.05) is 96.8 Å². The third-order valence-electron chi connectivity index (χ3n) is 8.42. The van der Waals surface area contributed by atoms with Crippen molar-refractivity contribution in [3.8, 4) is 0 Å². The second kappa shape index (κ2) is 19.0. The Morgan fingerprint density at radius 3 is 1.83 bits per heavy atom. The molecule has 2 fully saturated rings. The number of nitrogens with zero attached hydrogens (tertiary/aromatic N) is 2. The molecule has 0 aromatic carbocycles. The summed E-state index contributed by atoms with van der Waals surface area (Å²) < 4.78 is 6.97. The van der Waals surface area contributed by atoms with Gasteiger partial charge < -0.3 is 14.1 Å². The molecule has 0 radical (unpaired) electrons. The predicted molar refractivity (Wildman–Crippen MR) is 150 cm³/mol. The fraction of sp³-hybridized carbons (Fsp3) is 0.935. The van der Waals surface area contributed by atoms with E-state index < -0.39 is 0 Å². The zero-order valence-electron chi connectivity index (χ0n) is 24.1. The van der Waals surface area contributed by atoms with E-state index >= 15 is 0 Å². The number of esters is 1. The molecule has 1 amide bonds. The van der Waals surface area contributed by atoms with Gasteiger partial charge in [0.2, 0.25) is 5.91 Å². The van der Waals surface area contributed by atoms with Crippen LogP contribution in [0.25, 0.3) is 0 Å². The summed E-state index contributed by atoms with van der Waals surface area (Å²) in [6.45, 7) is 6.83. The van der Waals surface area contributed by atoms with Crippen LogP contribution in [0.2, 0.25) is 0 Å². The van der Waals surface area contributed by atoms with Gasteiger partial charge in [-0.3, -0.25) is 9.59 Å². The first-order valence-electron chi connectivity index (χ1n) is 15.8. The largest absolute Gasteiger partial charge is 0.454 e. The normalized spacial score (nSPS) is 18.5. The molecule has 0 bridgehead atoms. The third kappa shape index (κ3) is 14.0. The van der Waals surface area contributed by atoms with E-state index in [9.17, 15) is 9.59 Å². The van der Waals surface area contributed by atoms with Crippen LogP contribution in [0.1, 0.15) is 142 Å². The molecule has 2 saturated heterocycles. The number of likely N-dealkylation sites (tertiary alicyclic amines) is 2. The van der Waals surface area contributed by atoms with Gasteiger partial charge in [-0.2, -0.15) is 0 Å². The summed E-state index contributed by atoms with van der Waals surface area (Å²) in [6.07, 6.45) is 25.7. The van der Waals surface area contributed by atoms with E-state index in [1.807, 2.05) is 4.90 Å². The Morgan fingerprint density at radius 1 is 0.806 bits per heavy atom. The van der Waals surface area contributed by atoms with Crippen molar-refractivity contribution in [2.75, 3.05) is 39.8 Å². The highest BCUT2D eigenvalue weighted by Crippen LogP contribution is 2.20. The Morgan fingerprint density at radius 2 is 1.33 bits per heavy atom. The molecule has 0 spiro atoms. The lowest BCUT2D eigenvalue weighted by atomic mass is 10.0. The lowest BCUT2D eigenvalue weighted by Crippen LogP contribution is -2.54. The smallest absolute Gasteiger partial charge is 0.306 e. The number of unbranched alkanes of at least 4 members (excludes halogenated alkanes) is 14. The van der Waals surface area contributed by atoms with Crippen molar-refractivity contribution in [3.05, 3.63) is 0 Å². The molecule has 2 rings (SSSR count). The number of hydrogen-bond donors (Lipinski definition) is 0. The number of rotatable bonds is 21. The van der Waals surface area contributed by atoms with E-state index in [0.717, 1.165) is 49.9 Å². The predicted octanol–water partition coefficient (Wildman–Crippen LogP) is 7.41. The number of carbonyl (C=O) groups is 2. The molecular weight excluding hydrogens is 448 g/mol. The fourth-order valence-electron chi connectivity index (χ4n) is 6.11. The number of quaternary nitrogens is 1. The van der Waals surface area contributed by atoms with Gasteiger partial charge in [-0.25, -0.2) is 0 Å². The first-order valence-corrected chi connectivity index (χ1v) is 15.8. The third-order valence-corrected chi connectivity index (χ3v) is 8.42. The van der Waals surface area contributed by atoms with Crippen LogP contribution < -0.4 is 0 Å². The quantitative estimate of drug-likeness (QED) is 0.0923. The molecule has 0 unspecified atom stereocenters. The van der Waals surface area contributed by atoms with E-state index in [1.54, 1.807) is 0 Å². The van der Waals surface area contributed by atoms with Gasteiger partial charge in [-0.15, -0.1) is 0 Å². The minimum atomic E-state index is -0.168. The molecule has 5 heteroatoms. The first-order chi connectivity index (χ1) is 17.5. The highest BCUT2D eigenvalue weighted by molar-refractivity contribution is 5.78. The second-order valence-electron chi connectivity index (χ2n) is 12.1. The molecule has 2 heterocycles. The van der Waals surface area contributed by atoms with E-state index in [-0.39, 0.29) is 18.0 Å². The molecule has 0 aliphatic carbocycles. The minimum absolute atomic E-state index is 0.0649. The van der Waals surface area contributed by atoms with Crippen molar-refractivity contribution >= 4 is 11.9 Å². The lowest BCUT2D eigenvalue weighted by Gasteiger charge is -2.40. The number of likely N-dealkylation sites (N-methyl/N-ethyl adjacent to an activating group) is 1. The van der Waals surface area contributed by atoms with Gasteiger partial charge >= 0.3 is 5.97 Å². The summed E-state index contributed by atoms with van der Waals surface area (Å²) in [4.78, 5) is 26.8. The van der Waals surface area contributed by atoms with Crippen LogP contribution in [0.3, 0.4) is 0 Å². The summed E-state index contributed by atoms with van der Waals surface area (Å²) in [5.41, 5.74) is 0. The number of ether oxygens (including phenoxy) is 1. The van der Waals surface area contributed by atoms with Crippen LogP contribution in [0, 0.1) is 0 Å². The first kappa shape index (κ1) is 31.1. The van der Waals surface area contributed by atoms with Crippen LogP contribution in [-0.4, -0.2) is 67.1 Å². The number of hydrogen-bond acceptors (Lipinski definition) is 3. The Labute approximate surface area is 223 Å². The molecule has 210 valence electrons. The topological polar surface area (TPSA) is 46.6 Å². The molecular formula is C31H59N2O3+. The van der Waals surface area contributed by atoms with E-state index in [2.05, 4.69) is 14.0 Å². The molecule has 36 heavy (non-hydrogen) atoms. The summed E-state index contributed by atoms with van der Waals surface area (Å²) >= 11 is 0. The highest BCUT2D eigenvalue weighted by Gasteiger charge is 2.33. The minimum Gasteiger partial charge on any atom is -0.454 e. The van der Waals surface area contributed by atoms with Crippen LogP contribution in [-0.2, 0) is 14.3 Å². The number of carbonyl (C=O) groups excluding carboxylic acids is 2. The average Bonchev–Trinajstić information content (AvgIpc) is 3.25. The SMILES string of the molecule is CCCCCCCCCCCCCCCCCC(=O)O[C@H](CN1CCCC1=O)C[N+]1(C)CCCCC1. The van der Waals surface area contributed by atoms with Gasteiger partial charge in [0, 0.05) is 19.4 Å². The maximum Gasteiger partial charge on any atom is 0.306 e. The van der Waals surface area contributed by atoms with E-state index in [0.29, 0.717) is 19.4 Å². The maximum absolute atomic E-state index is 12.7. The summed E-state index contributed by atoms with van der Waals surface area (Å²) in [5, 5.41) is 0. The zero-order chi connectivity index (χ0) is 25.9. The van der Waals surface area contributed by atoms with Gasteiger partial charge in [-0.05, 0) is 32.1 Å². The van der Waals surface area contributed by atoms with Crippen LogP contribution in [0.4, 0.5) is 0 Å². The highest BCUT2D eigenvalue weighted by atomic mass is 16.5. The van der Waals surface area contributed by atoms with Gasteiger partial charge in [0.15, 0.2) is 6.10 Å². The van der Waals surface area contributed by atoms with Crippen LogP contribution in [0.5, 0.6) is 0 Å². The summed E-state index contributed by atoms with van der Waals surface area (Å²) in [6, 6.07) is 0. The average molecular weight is 508 g/mol. The number of piperidine rings is 1. The van der Waals surface area contributed by atoms with Crippen molar-refractivity contribution in [2.24, 2.45) is 0 Å². The van der Waals surface area contributed by atoms with Crippen molar-refractivity contribution in [1.29, 1.82) is 0 Å². The summed E-state index contributed by atoms with van der Waals surface area (Å²) in [5.74, 6) is 0.157. The fourth-order valence-corrected chi connectivity index (χ4v) is 6.11.